The van der Waals surface area contributed by atoms with Crippen molar-refractivity contribution in [2.24, 2.45) is 5.14 Å². The number of nitrogens with two attached hydrogens (primary N) is 1. The number of halogens is 3. The molecule has 0 saturated carbocycles. The zero-order valence-corrected chi connectivity index (χ0v) is 13.1. The van der Waals surface area contributed by atoms with Gasteiger partial charge in [-0.1, -0.05) is 18.2 Å². The Morgan fingerprint density at radius 3 is 2.33 bits per heavy atom. The molecule has 128 valence electrons. The number of aryl methyl sites for hydroxylation is 1. The van der Waals surface area contributed by atoms with E-state index in [-0.39, 0.29) is 10.6 Å². The number of esters is 1. The number of sulfonamides is 1. The van der Waals surface area contributed by atoms with Crippen LogP contribution in [0, 0.1) is 6.92 Å². The first-order valence-electron chi connectivity index (χ1n) is 6.52. The summed E-state index contributed by atoms with van der Waals surface area (Å²) in [5, 5.41) is 4.98. The van der Waals surface area contributed by atoms with Gasteiger partial charge in [0, 0.05) is 6.07 Å². The van der Waals surface area contributed by atoms with Gasteiger partial charge in [-0.15, -0.1) is 0 Å². The van der Waals surface area contributed by atoms with Crippen molar-refractivity contribution in [3.8, 4) is 5.75 Å². The van der Waals surface area contributed by atoms with Crippen LogP contribution in [0.5, 0.6) is 5.75 Å². The Hall–Kier alpha value is -2.39. The summed E-state index contributed by atoms with van der Waals surface area (Å²) in [4.78, 5) is 11.8. The molecule has 0 heterocycles. The molecule has 2 aromatic carbocycles. The van der Waals surface area contributed by atoms with E-state index in [1.807, 2.05) is 0 Å². The molecular formula is C15H12F3NO4S. The highest BCUT2D eigenvalue weighted by Crippen LogP contribution is 2.32. The second kappa shape index (κ2) is 6.25. The summed E-state index contributed by atoms with van der Waals surface area (Å²) in [6.45, 7) is 1.51. The van der Waals surface area contributed by atoms with Gasteiger partial charge < -0.3 is 4.74 Å². The van der Waals surface area contributed by atoms with Crippen molar-refractivity contribution in [1.29, 1.82) is 0 Å². The van der Waals surface area contributed by atoms with Crippen molar-refractivity contribution in [1.82, 2.24) is 0 Å². The van der Waals surface area contributed by atoms with Crippen molar-refractivity contribution < 1.29 is 31.1 Å². The Balaban J connectivity index is 2.42. The van der Waals surface area contributed by atoms with Gasteiger partial charge in [0.05, 0.1) is 16.0 Å². The van der Waals surface area contributed by atoms with Gasteiger partial charge in [-0.3, -0.25) is 0 Å². The van der Waals surface area contributed by atoms with Crippen LogP contribution in [-0.4, -0.2) is 14.4 Å². The third kappa shape index (κ3) is 3.92. The molecule has 0 aliphatic carbocycles. The van der Waals surface area contributed by atoms with Crippen molar-refractivity contribution >= 4 is 16.0 Å². The molecule has 0 aromatic heterocycles. The number of rotatable bonds is 3. The second-order valence-electron chi connectivity index (χ2n) is 4.91. The monoisotopic (exact) mass is 359 g/mol. The second-order valence-corrected chi connectivity index (χ2v) is 6.47. The average molecular weight is 359 g/mol. The Bertz CT molecular complexity index is 892. The fourth-order valence-corrected chi connectivity index (χ4v) is 2.46. The number of hydrogen-bond acceptors (Lipinski definition) is 4. The van der Waals surface area contributed by atoms with E-state index in [4.69, 9.17) is 9.88 Å². The Kier molecular flexibility index (Phi) is 4.68. The lowest BCUT2D eigenvalue weighted by atomic mass is 10.1. The van der Waals surface area contributed by atoms with Gasteiger partial charge in [0.1, 0.15) is 5.75 Å². The molecule has 24 heavy (non-hydrogen) atoms. The number of primary sulfonamides is 1. The average Bonchev–Trinajstić information content (AvgIpc) is 2.47. The molecule has 9 heteroatoms. The fourth-order valence-electron chi connectivity index (χ4n) is 1.93. The molecule has 0 bridgehead atoms. The molecule has 0 saturated heterocycles. The van der Waals surface area contributed by atoms with Crippen LogP contribution in [0.1, 0.15) is 21.5 Å². The van der Waals surface area contributed by atoms with Crippen LogP contribution in [0.2, 0.25) is 0 Å². The maximum Gasteiger partial charge on any atom is 0.417 e. The molecule has 2 aromatic rings. The fraction of sp³-hybridized carbons (Fsp3) is 0.133. The highest BCUT2D eigenvalue weighted by atomic mass is 32.2. The molecule has 5 nitrogen and oxygen atoms in total. The number of carbonyl (C=O) groups excluding carboxylic acids is 1. The molecular weight excluding hydrogens is 347 g/mol. The Labute approximate surface area is 135 Å². The van der Waals surface area contributed by atoms with Crippen molar-refractivity contribution in [3.63, 3.8) is 0 Å². The quantitative estimate of drug-likeness (QED) is 0.674. The number of carbonyl (C=O) groups is 1. The Morgan fingerprint density at radius 2 is 1.75 bits per heavy atom. The summed E-state index contributed by atoms with van der Waals surface area (Å²) in [6, 6.07) is 7.66. The summed E-state index contributed by atoms with van der Waals surface area (Å²) in [5.41, 5.74) is -1.46. The number of hydrogen-bond donors (Lipinski definition) is 1. The van der Waals surface area contributed by atoms with Gasteiger partial charge in [-0.25, -0.2) is 18.4 Å². The topological polar surface area (TPSA) is 86.5 Å². The van der Waals surface area contributed by atoms with Gasteiger partial charge in [0.25, 0.3) is 0 Å². The molecule has 0 aliphatic rings. The minimum atomic E-state index is -4.73. The summed E-state index contributed by atoms with van der Waals surface area (Å²) in [6.07, 6.45) is -4.73. The minimum absolute atomic E-state index is 0.191. The normalized spacial score (nSPS) is 12.0. The van der Waals surface area contributed by atoms with Crippen molar-refractivity contribution in [2.75, 3.05) is 0 Å². The van der Waals surface area contributed by atoms with E-state index in [2.05, 4.69) is 0 Å². The van der Waals surface area contributed by atoms with Gasteiger partial charge >= 0.3 is 12.1 Å². The molecule has 2 N–H and O–H groups in total. The zero-order valence-electron chi connectivity index (χ0n) is 12.3. The van der Waals surface area contributed by atoms with Crippen molar-refractivity contribution in [2.45, 2.75) is 18.0 Å². The predicted molar refractivity (Wildman–Crippen MR) is 79.0 cm³/mol. The predicted octanol–water partition coefficient (Wildman–Crippen LogP) is 2.88. The zero-order chi connectivity index (χ0) is 18.1. The van der Waals surface area contributed by atoms with E-state index in [1.54, 1.807) is 0 Å². The molecule has 0 radical (unpaired) electrons. The number of benzene rings is 2. The largest absolute Gasteiger partial charge is 0.423 e. The molecule has 0 unspecified atom stereocenters. The van der Waals surface area contributed by atoms with Crippen LogP contribution in [-0.2, 0) is 16.2 Å². The first-order chi connectivity index (χ1) is 11.0. The van der Waals surface area contributed by atoms with Crippen LogP contribution in [0.4, 0.5) is 13.2 Å². The van der Waals surface area contributed by atoms with Gasteiger partial charge in [0.15, 0.2) is 0 Å². The molecule has 2 rings (SSSR count). The third-order valence-corrected chi connectivity index (χ3v) is 4.05. The van der Waals surface area contributed by atoms with Crippen molar-refractivity contribution in [3.05, 3.63) is 59.2 Å². The first-order valence-corrected chi connectivity index (χ1v) is 8.06. The van der Waals surface area contributed by atoms with E-state index < -0.39 is 33.3 Å². The highest BCUT2D eigenvalue weighted by Gasteiger charge is 2.35. The standard InChI is InChI=1S/C15H12F3NO4S/c1-9-6-7-10(24(19,21)22)8-13(9)23-14(20)11-4-2-3-5-12(11)15(16,17)18/h2-8H,1H3,(H2,19,21,22). The lowest BCUT2D eigenvalue weighted by Crippen LogP contribution is -2.17. The number of alkyl halides is 3. The third-order valence-electron chi connectivity index (χ3n) is 3.14. The summed E-state index contributed by atoms with van der Waals surface area (Å²) in [7, 11) is -4.05. The lowest BCUT2D eigenvalue weighted by molar-refractivity contribution is -0.138. The van der Waals surface area contributed by atoms with Crippen LogP contribution in [0.3, 0.4) is 0 Å². The van der Waals surface area contributed by atoms with E-state index in [9.17, 15) is 26.4 Å². The van der Waals surface area contributed by atoms with Gasteiger partial charge in [-0.2, -0.15) is 13.2 Å². The van der Waals surface area contributed by atoms with Crippen LogP contribution >= 0.6 is 0 Å². The van der Waals surface area contributed by atoms with E-state index in [0.29, 0.717) is 5.56 Å². The Morgan fingerprint density at radius 1 is 1.12 bits per heavy atom. The molecule has 0 spiro atoms. The highest BCUT2D eigenvalue weighted by molar-refractivity contribution is 7.89. The van der Waals surface area contributed by atoms with Crippen LogP contribution in [0.15, 0.2) is 47.4 Å². The first kappa shape index (κ1) is 18.0. The van der Waals surface area contributed by atoms with Crippen LogP contribution < -0.4 is 9.88 Å². The smallest absolute Gasteiger partial charge is 0.417 e. The van der Waals surface area contributed by atoms with E-state index >= 15 is 0 Å². The SMILES string of the molecule is Cc1ccc(S(N)(=O)=O)cc1OC(=O)c1ccccc1C(F)(F)F. The summed E-state index contributed by atoms with van der Waals surface area (Å²) in [5.74, 6) is -1.44. The maximum absolute atomic E-state index is 12.9. The van der Waals surface area contributed by atoms with Gasteiger partial charge in [-0.05, 0) is 30.7 Å². The molecule has 0 atom stereocenters. The molecule has 0 fully saturated rings. The summed E-state index contributed by atoms with van der Waals surface area (Å²) >= 11 is 0. The minimum Gasteiger partial charge on any atom is -0.423 e. The van der Waals surface area contributed by atoms with E-state index in [1.165, 1.54) is 25.1 Å². The maximum atomic E-state index is 12.9. The molecule has 0 amide bonds. The van der Waals surface area contributed by atoms with Gasteiger partial charge in [0.2, 0.25) is 10.0 Å². The van der Waals surface area contributed by atoms with Crippen LogP contribution in [0.25, 0.3) is 0 Å². The molecule has 0 aliphatic heterocycles. The van der Waals surface area contributed by atoms with E-state index in [0.717, 1.165) is 24.3 Å². The number of ether oxygens (including phenoxy) is 1. The lowest BCUT2D eigenvalue weighted by Gasteiger charge is -2.13. The summed E-state index contributed by atoms with van der Waals surface area (Å²) < 4.78 is 66.4.